The van der Waals surface area contributed by atoms with Crippen molar-refractivity contribution < 1.29 is 19.1 Å². The molecule has 1 aliphatic rings. The molecule has 1 atom stereocenters. The second kappa shape index (κ2) is 8.40. The highest BCUT2D eigenvalue weighted by atomic mass is 32.1. The second-order valence-corrected chi connectivity index (χ2v) is 7.62. The van der Waals surface area contributed by atoms with Crippen LogP contribution in [-0.2, 0) is 11.2 Å². The zero-order valence-electron chi connectivity index (χ0n) is 14.4. The average Bonchev–Trinajstić information content (AvgIpc) is 3.10. The standard InChI is InChI=1S/C19H21FN2O3S/c20-14-6-4-13(5-7-14)11-17-21-12-16(26-17)19(25)22-10-2-1-3-15(22)8-9-18(23)24/h4-7,12,15H,1-3,8-11H2,(H,23,24)/t15-/m0/s1. The highest BCUT2D eigenvalue weighted by Gasteiger charge is 2.28. The van der Waals surface area contributed by atoms with Crippen LogP contribution in [0.2, 0.25) is 0 Å². The number of aromatic nitrogens is 1. The number of benzene rings is 1. The lowest BCUT2D eigenvalue weighted by atomic mass is 9.97. The Labute approximate surface area is 155 Å². The number of thiazole rings is 1. The highest BCUT2D eigenvalue weighted by Crippen LogP contribution is 2.25. The van der Waals surface area contributed by atoms with Gasteiger partial charge >= 0.3 is 5.97 Å². The molecule has 1 N–H and O–H groups in total. The van der Waals surface area contributed by atoms with Gasteiger partial charge in [0.15, 0.2) is 0 Å². The Morgan fingerprint density at radius 3 is 2.77 bits per heavy atom. The number of nitrogens with zero attached hydrogens (tertiary/aromatic N) is 2. The molecule has 2 aromatic rings. The molecule has 0 bridgehead atoms. The molecule has 0 aliphatic carbocycles. The molecule has 0 unspecified atom stereocenters. The maximum Gasteiger partial charge on any atom is 0.303 e. The summed E-state index contributed by atoms with van der Waals surface area (Å²) >= 11 is 1.35. The number of amides is 1. The Bertz CT molecular complexity index is 775. The molecule has 1 fully saturated rings. The lowest BCUT2D eigenvalue weighted by molar-refractivity contribution is -0.137. The first-order valence-corrected chi connectivity index (χ1v) is 9.56. The van der Waals surface area contributed by atoms with Crippen molar-refractivity contribution in [3.8, 4) is 0 Å². The Balaban J connectivity index is 1.67. The van der Waals surface area contributed by atoms with E-state index in [4.69, 9.17) is 5.11 Å². The molecule has 2 heterocycles. The lowest BCUT2D eigenvalue weighted by Crippen LogP contribution is -2.43. The fraction of sp³-hybridized carbons (Fsp3) is 0.421. The molecular formula is C19H21FN2O3S. The van der Waals surface area contributed by atoms with Gasteiger partial charge in [0.1, 0.15) is 10.7 Å². The quantitative estimate of drug-likeness (QED) is 0.834. The third kappa shape index (κ3) is 4.66. The first kappa shape index (κ1) is 18.5. The van der Waals surface area contributed by atoms with Crippen molar-refractivity contribution in [2.75, 3.05) is 6.54 Å². The number of carboxylic acids is 1. The van der Waals surface area contributed by atoms with Gasteiger partial charge in [-0.25, -0.2) is 9.37 Å². The van der Waals surface area contributed by atoms with Gasteiger partial charge in [0.05, 0.1) is 11.2 Å². The fourth-order valence-corrected chi connectivity index (χ4v) is 4.18. The van der Waals surface area contributed by atoms with Crippen LogP contribution < -0.4 is 0 Å². The normalized spacial score (nSPS) is 17.3. The van der Waals surface area contributed by atoms with Crippen LogP contribution in [0.15, 0.2) is 30.5 Å². The number of likely N-dealkylation sites (tertiary alicyclic amines) is 1. The number of aliphatic carboxylic acids is 1. The van der Waals surface area contributed by atoms with E-state index < -0.39 is 5.97 Å². The van der Waals surface area contributed by atoms with Crippen molar-refractivity contribution in [3.05, 3.63) is 51.7 Å². The largest absolute Gasteiger partial charge is 0.481 e. The number of rotatable bonds is 6. The molecule has 0 radical (unpaired) electrons. The summed E-state index contributed by atoms with van der Waals surface area (Å²) in [5.41, 5.74) is 0.942. The molecule has 1 saturated heterocycles. The molecular weight excluding hydrogens is 355 g/mol. The van der Waals surface area contributed by atoms with Gasteiger partial charge in [-0.1, -0.05) is 12.1 Å². The number of piperidine rings is 1. The van der Waals surface area contributed by atoms with Gasteiger partial charge < -0.3 is 10.0 Å². The molecule has 26 heavy (non-hydrogen) atoms. The molecule has 1 aliphatic heterocycles. The van der Waals surface area contributed by atoms with Crippen molar-refractivity contribution in [1.82, 2.24) is 9.88 Å². The zero-order valence-corrected chi connectivity index (χ0v) is 15.2. The maximum atomic E-state index is 13.0. The summed E-state index contributed by atoms with van der Waals surface area (Å²) in [4.78, 5) is 30.4. The van der Waals surface area contributed by atoms with Crippen molar-refractivity contribution in [3.63, 3.8) is 0 Å². The molecule has 5 nitrogen and oxygen atoms in total. The van der Waals surface area contributed by atoms with Gasteiger partial charge in [-0.2, -0.15) is 0 Å². The second-order valence-electron chi connectivity index (χ2n) is 6.50. The van der Waals surface area contributed by atoms with Crippen LogP contribution in [0, 0.1) is 5.82 Å². The van der Waals surface area contributed by atoms with Crippen LogP contribution in [-0.4, -0.2) is 39.5 Å². The van der Waals surface area contributed by atoms with E-state index >= 15 is 0 Å². The van der Waals surface area contributed by atoms with Gasteiger partial charge in [-0.15, -0.1) is 11.3 Å². The van der Waals surface area contributed by atoms with Gasteiger partial charge in [-0.3, -0.25) is 9.59 Å². The summed E-state index contributed by atoms with van der Waals surface area (Å²) in [7, 11) is 0. The summed E-state index contributed by atoms with van der Waals surface area (Å²) in [5.74, 6) is -1.17. The van der Waals surface area contributed by atoms with Gasteiger partial charge in [0.25, 0.3) is 5.91 Å². The molecule has 7 heteroatoms. The van der Waals surface area contributed by atoms with E-state index in [9.17, 15) is 14.0 Å². The maximum absolute atomic E-state index is 13.0. The molecule has 3 rings (SSSR count). The zero-order chi connectivity index (χ0) is 18.5. The van der Waals surface area contributed by atoms with E-state index in [1.165, 1.54) is 23.5 Å². The summed E-state index contributed by atoms with van der Waals surface area (Å²) in [5, 5.41) is 9.72. The smallest absolute Gasteiger partial charge is 0.303 e. The highest BCUT2D eigenvalue weighted by molar-refractivity contribution is 7.13. The van der Waals surface area contributed by atoms with Crippen LogP contribution in [0.5, 0.6) is 0 Å². The predicted molar refractivity (Wildman–Crippen MR) is 96.9 cm³/mol. The molecule has 1 aromatic heterocycles. The van der Waals surface area contributed by atoms with E-state index in [-0.39, 0.29) is 24.2 Å². The van der Waals surface area contributed by atoms with Crippen molar-refractivity contribution in [2.45, 2.75) is 44.6 Å². The van der Waals surface area contributed by atoms with E-state index in [1.807, 2.05) is 4.90 Å². The predicted octanol–water partition coefficient (Wildman–Crippen LogP) is 3.73. The average molecular weight is 376 g/mol. The minimum Gasteiger partial charge on any atom is -0.481 e. The third-order valence-corrected chi connectivity index (χ3v) is 5.60. The summed E-state index contributed by atoms with van der Waals surface area (Å²) in [6, 6.07) is 6.23. The minimum atomic E-state index is -0.831. The first-order valence-electron chi connectivity index (χ1n) is 8.75. The minimum absolute atomic E-state index is 0.0185. The summed E-state index contributed by atoms with van der Waals surface area (Å²) in [6.07, 6.45) is 5.52. The third-order valence-electron chi connectivity index (χ3n) is 4.61. The molecule has 138 valence electrons. The van der Waals surface area contributed by atoms with Gasteiger partial charge in [0.2, 0.25) is 0 Å². The van der Waals surface area contributed by atoms with E-state index in [1.54, 1.807) is 18.3 Å². The van der Waals surface area contributed by atoms with Gasteiger partial charge in [-0.05, 0) is 43.4 Å². The van der Waals surface area contributed by atoms with Crippen LogP contribution in [0.25, 0.3) is 0 Å². The summed E-state index contributed by atoms with van der Waals surface area (Å²) < 4.78 is 13.0. The molecule has 0 saturated carbocycles. The van der Waals surface area contributed by atoms with E-state index in [2.05, 4.69) is 4.98 Å². The van der Waals surface area contributed by atoms with Crippen LogP contribution in [0.3, 0.4) is 0 Å². The SMILES string of the molecule is O=C(O)CC[C@@H]1CCCCN1C(=O)c1cnc(Cc2ccc(F)cc2)s1. The van der Waals surface area contributed by atoms with Crippen molar-refractivity contribution in [2.24, 2.45) is 0 Å². The number of hydrogen-bond acceptors (Lipinski definition) is 4. The van der Waals surface area contributed by atoms with Crippen LogP contribution >= 0.6 is 11.3 Å². The lowest BCUT2D eigenvalue weighted by Gasteiger charge is -2.35. The molecule has 1 aromatic carbocycles. The van der Waals surface area contributed by atoms with Crippen molar-refractivity contribution in [1.29, 1.82) is 0 Å². The number of hydrogen-bond donors (Lipinski definition) is 1. The van der Waals surface area contributed by atoms with Gasteiger partial charge in [0, 0.05) is 25.4 Å². The fourth-order valence-electron chi connectivity index (χ4n) is 3.27. The topological polar surface area (TPSA) is 70.5 Å². The molecule has 1 amide bonds. The van der Waals surface area contributed by atoms with E-state index in [0.717, 1.165) is 29.8 Å². The molecule has 0 spiro atoms. The Hall–Kier alpha value is -2.28. The number of carboxylic acid groups (broad SMARTS) is 1. The van der Waals surface area contributed by atoms with Crippen LogP contribution in [0.1, 0.15) is 52.3 Å². The van der Waals surface area contributed by atoms with E-state index in [0.29, 0.717) is 24.3 Å². The van der Waals surface area contributed by atoms with Crippen LogP contribution in [0.4, 0.5) is 4.39 Å². The number of carbonyl (C=O) groups excluding carboxylic acids is 1. The number of carbonyl (C=O) groups is 2. The van der Waals surface area contributed by atoms with Crippen molar-refractivity contribution >= 4 is 23.2 Å². The first-order chi connectivity index (χ1) is 12.5. The monoisotopic (exact) mass is 376 g/mol. The summed E-state index contributed by atoms with van der Waals surface area (Å²) in [6.45, 7) is 0.661. The Kier molecular flexibility index (Phi) is 5.98. The Morgan fingerprint density at radius 1 is 1.27 bits per heavy atom. The Morgan fingerprint density at radius 2 is 2.04 bits per heavy atom. The number of halogens is 1.